The highest BCUT2D eigenvalue weighted by Gasteiger charge is 2.31. The predicted molar refractivity (Wildman–Crippen MR) is 91.7 cm³/mol. The van der Waals surface area contributed by atoms with Gasteiger partial charge in [0.2, 0.25) is 0 Å². The van der Waals surface area contributed by atoms with E-state index in [1.54, 1.807) is 0 Å². The minimum absolute atomic E-state index is 0.174. The standard InChI is InChI=1S/C18H30N4O2/c1-3-16(24-15-7-5-4-6-8-15)18(23)22-11-9-14(10-12-22)17-19-13(2)20-21-17/h14-16H,3-12H2,1-2H3,(H,19,20,21)/t16-/m1/s1. The summed E-state index contributed by atoms with van der Waals surface area (Å²) in [7, 11) is 0. The maximum absolute atomic E-state index is 12.8. The van der Waals surface area contributed by atoms with Crippen molar-refractivity contribution in [1.29, 1.82) is 0 Å². The number of carbonyl (C=O) groups excluding carboxylic acids is 1. The Kier molecular flexibility index (Phi) is 5.87. The zero-order chi connectivity index (χ0) is 16.9. The number of hydrogen-bond acceptors (Lipinski definition) is 4. The van der Waals surface area contributed by atoms with E-state index in [2.05, 4.69) is 22.1 Å². The van der Waals surface area contributed by atoms with Crippen LogP contribution in [-0.4, -0.2) is 51.3 Å². The number of nitrogens with zero attached hydrogens (tertiary/aromatic N) is 3. The van der Waals surface area contributed by atoms with Crippen molar-refractivity contribution in [3.8, 4) is 0 Å². The molecular weight excluding hydrogens is 304 g/mol. The molecule has 0 bridgehead atoms. The maximum atomic E-state index is 12.8. The number of aryl methyl sites for hydroxylation is 1. The molecule has 134 valence electrons. The van der Waals surface area contributed by atoms with Gasteiger partial charge in [-0.05, 0) is 39.0 Å². The molecule has 1 amide bonds. The van der Waals surface area contributed by atoms with Crippen LogP contribution < -0.4 is 0 Å². The molecule has 3 rings (SSSR count). The molecule has 1 saturated heterocycles. The number of piperidine rings is 1. The fourth-order valence-corrected chi connectivity index (χ4v) is 3.87. The fourth-order valence-electron chi connectivity index (χ4n) is 3.87. The highest BCUT2D eigenvalue weighted by molar-refractivity contribution is 5.81. The lowest BCUT2D eigenvalue weighted by Crippen LogP contribution is -2.45. The minimum atomic E-state index is -0.268. The monoisotopic (exact) mass is 334 g/mol. The second-order valence-electron chi connectivity index (χ2n) is 7.17. The lowest BCUT2D eigenvalue weighted by atomic mass is 9.95. The number of aromatic nitrogens is 3. The number of aromatic amines is 1. The zero-order valence-electron chi connectivity index (χ0n) is 15.0. The van der Waals surface area contributed by atoms with Gasteiger partial charge in [-0.2, -0.15) is 5.10 Å². The van der Waals surface area contributed by atoms with Gasteiger partial charge >= 0.3 is 0 Å². The summed E-state index contributed by atoms with van der Waals surface area (Å²) in [5.41, 5.74) is 0. The summed E-state index contributed by atoms with van der Waals surface area (Å²) >= 11 is 0. The van der Waals surface area contributed by atoms with Gasteiger partial charge in [0.05, 0.1) is 6.10 Å². The molecule has 0 spiro atoms. The van der Waals surface area contributed by atoms with Gasteiger partial charge in [-0.3, -0.25) is 9.89 Å². The van der Waals surface area contributed by atoms with Crippen molar-refractivity contribution in [2.45, 2.75) is 83.3 Å². The molecule has 6 nitrogen and oxygen atoms in total. The Labute approximate surface area is 144 Å². The highest BCUT2D eigenvalue weighted by atomic mass is 16.5. The number of H-pyrrole nitrogens is 1. The van der Waals surface area contributed by atoms with E-state index in [4.69, 9.17) is 4.74 Å². The van der Waals surface area contributed by atoms with Crippen LogP contribution in [-0.2, 0) is 9.53 Å². The molecule has 2 heterocycles. The second kappa shape index (κ2) is 8.10. The molecule has 6 heteroatoms. The van der Waals surface area contributed by atoms with E-state index in [-0.39, 0.29) is 18.1 Å². The Bertz CT molecular complexity index is 531. The molecule has 1 saturated carbocycles. The number of nitrogens with one attached hydrogen (secondary N) is 1. The number of hydrogen-bond donors (Lipinski definition) is 1. The van der Waals surface area contributed by atoms with Crippen molar-refractivity contribution >= 4 is 5.91 Å². The van der Waals surface area contributed by atoms with E-state index < -0.39 is 0 Å². The molecular formula is C18H30N4O2. The van der Waals surface area contributed by atoms with Crippen molar-refractivity contribution in [1.82, 2.24) is 20.1 Å². The van der Waals surface area contributed by atoms with Crippen LogP contribution in [0.2, 0.25) is 0 Å². The lowest BCUT2D eigenvalue weighted by molar-refractivity contribution is -0.150. The quantitative estimate of drug-likeness (QED) is 0.898. The molecule has 1 N–H and O–H groups in total. The Morgan fingerprint density at radius 3 is 2.54 bits per heavy atom. The smallest absolute Gasteiger partial charge is 0.251 e. The number of ether oxygens (including phenoxy) is 1. The number of amides is 1. The van der Waals surface area contributed by atoms with Crippen molar-refractivity contribution in [2.75, 3.05) is 13.1 Å². The normalized spacial score (nSPS) is 21.8. The van der Waals surface area contributed by atoms with Gasteiger partial charge in [0.1, 0.15) is 11.9 Å². The average molecular weight is 334 g/mol. The first-order chi connectivity index (χ1) is 11.7. The third kappa shape index (κ3) is 4.15. The first-order valence-corrected chi connectivity index (χ1v) is 9.50. The van der Waals surface area contributed by atoms with E-state index in [1.165, 1.54) is 19.3 Å². The molecule has 1 aromatic heterocycles. The first kappa shape index (κ1) is 17.4. The van der Waals surface area contributed by atoms with Crippen molar-refractivity contribution in [3.05, 3.63) is 11.6 Å². The van der Waals surface area contributed by atoms with Crippen molar-refractivity contribution < 1.29 is 9.53 Å². The summed E-state index contributed by atoms with van der Waals surface area (Å²) in [4.78, 5) is 19.2. The van der Waals surface area contributed by atoms with E-state index in [1.807, 2.05) is 11.8 Å². The first-order valence-electron chi connectivity index (χ1n) is 9.50. The van der Waals surface area contributed by atoms with Crippen LogP contribution in [0.4, 0.5) is 0 Å². The molecule has 1 aliphatic heterocycles. The van der Waals surface area contributed by atoms with Crippen LogP contribution in [0, 0.1) is 6.92 Å². The topological polar surface area (TPSA) is 71.1 Å². The molecule has 24 heavy (non-hydrogen) atoms. The van der Waals surface area contributed by atoms with Crippen LogP contribution in [0.25, 0.3) is 0 Å². The van der Waals surface area contributed by atoms with Crippen molar-refractivity contribution in [3.63, 3.8) is 0 Å². The summed E-state index contributed by atoms with van der Waals surface area (Å²) in [6.07, 6.45) is 8.62. The summed E-state index contributed by atoms with van der Waals surface area (Å²) in [6.45, 7) is 5.53. The Balaban J connectivity index is 1.51. The highest BCUT2D eigenvalue weighted by Crippen LogP contribution is 2.27. The second-order valence-corrected chi connectivity index (χ2v) is 7.17. The molecule has 0 aromatic carbocycles. The summed E-state index contributed by atoms with van der Waals surface area (Å²) in [6, 6.07) is 0. The third-order valence-electron chi connectivity index (χ3n) is 5.34. The number of carbonyl (C=O) groups is 1. The fraction of sp³-hybridized carbons (Fsp3) is 0.833. The summed E-state index contributed by atoms with van der Waals surface area (Å²) in [5.74, 6) is 2.28. The summed E-state index contributed by atoms with van der Waals surface area (Å²) in [5, 5.41) is 7.18. The molecule has 2 aliphatic rings. The van der Waals surface area contributed by atoms with Crippen LogP contribution in [0.3, 0.4) is 0 Å². The summed E-state index contributed by atoms with van der Waals surface area (Å²) < 4.78 is 6.15. The number of rotatable bonds is 5. The Morgan fingerprint density at radius 1 is 1.25 bits per heavy atom. The van der Waals surface area contributed by atoms with E-state index in [0.717, 1.165) is 56.8 Å². The molecule has 1 atom stereocenters. The van der Waals surface area contributed by atoms with Crippen LogP contribution in [0.1, 0.15) is 75.9 Å². The van der Waals surface area contributed by atoms with E-state index >= 15 is 0 Å². The van der Waals surface area contributed by atoms with Gasteiger partial charge in [-0.25, -0.2) is 4.98 Å². The lowest BCUT2D eigenvalue weighted by Gasteiger charge is -2.34. The Morgan fingerprint density at radius 2 is 1.96 bits per heavy atom. The van der Waals surface area contributed by atoms with Gasteiger partial charge in [-0.1, -0.05) is 26.2 Å². The molecule has 1 aromatic rings. The van der Waals surface area contributed by atoms with Crippen LogP contribution >= 0.6 is 0 Å². The van der Waals surface area contributed by atoms with Gasteiger partial charge < -0.3 is 9.64 Å². The van der Waals surface area contributed by atoms with Crippen molar-refractivity contribution in [2.24, 2.45) is 0 Å². The van der Waals surface area contributed by atoms with E-state index in [9.17, 15) is 4.79 Å². The van der Waals surface area contributed by atoms with Crippen LogP contribution in [0.15, 0.2) is 0 Å². The Hall–Kier alpha value is -1.43. The average Bonchev–Trinajstić information content (AvgIpc) is 3.06. The van der Waals surface area contributed by atoms with Crippen LogP contribution in [0.5, 0.6) is 0 Å². The van der Waals surface area contributed by atoms with Gasteiger partial charge in [0, 0.05) is 19.0 Å². The van der Waals surface area contributed by atoms with Gasteiger partial charge in [-0.15, -0.1) is 0 Å². The third-order valence-corrected chi connectivity index (χ3v) is 5.34. The predicted octanol–water partition coefficient (Wildman–Crippen LogP) is 2.95. The molecule has 0 radical (unpaired) electrons. The zero-order valence-corrected chi connectivity index (χ0v) is 15.0. The van der Waals surface area contributed by atoms with E-state index in [0.29, 0.717) is 5.92 Å². The van der Waals surface area contributed by atoms with Gasteiger partial charge in [0.25, 0.3) is 5.91 Å². The molecule has 1 aliphatic carbocycles. The molecule has 2 fully saturated rings. The SMILES string of the molecule is CC[C@@H](OC1CCCCC1)C(=O)N1CCC(c2n[nH]c(C)n2)CC1. The maximum Gasteiger partial charge on any atom is 0.251 e. The number of likely N-dealkylation sites (tertiary alicyclic amines) is 1. The van der Waals surface area contributed by atoms with Gasteiger partial charge in [0.15, 0.2) is 5.82 Å². The molecule has 0 unspecified atom stereocenters. The largest absolute Gasteiger partial charge is 0.365 e. The minimum Gasteiger partial charge on any atom is -0.365 e.